The zero-order valence-corrected chi connectivity index (χ0v) is 9.80. The molecule has 0 bridgehead atoms. The highest BCUT2D eigenvalue weighted by molar-refractivity contribution is 9.10. The van der Waals surface area contributed by atoms with Crippen LogP contribution >= 0.6 is 15.9 Å². The van der Waals surface area contributed by atoms with Crippen molar-refractivity contribution >= 4 is 21.7 Å². The SMILES string of the molecule is NCC(=O)c1cc2c(c(Br)c1O)CCC2. The van der Waals surface area contributed by atoms with Crippen molar-refractivity contribution in [3.05, 3.63) is 27.2 Å². The molecule has 0 saturated carbocycles. The zero-order valence-electron chi connectivity index (χ0n) is 8.22. The maximum Gasteiger partial charge on any atom is 0.180 e. The molecular formula is C11H12BrNO2. The Kier molecular flexibility index (Phi) is 2.80. The van der Waals surface area contributed by atoms with Gasteiger partial charge in [0.1, 0.15) is 5.75 Å². The van der Waals surface area contributed by atoms with Gasteiger partial charge in [-0.1, -0.05) is 0 Å². The molecule has 1 aromatic carbocycles. The van der Waals surface area contributed by atoms with E-state index in [0.29, 0.717) is 10.0 Å². The summed E-state index contributed by atoms with van der Waals surface area (Å²) in [7, 11) is 0. The average molecular weight is 270 g/mol. The Labute approximate surface area is 96.4 Å². The van der Waals surface area contributed by atoms with E-state index in [-0.39, 0.29) is 18.1 Å². The number of aryl methyl sites for hydroxylation is 1. The number of carbonyl (C=O) groups is 1. The van der Waals surface area contributed by atoms with Crippen molar-refractivity contribution in [2.75, 3.05) is 6.54 Å². The van der Waals surface area contributed by atoms with Crippen molar-refractivity contribution < 1.29 is 9.90 Å². The lowest BCUT2D eigenvalue weighted by atomic mass is 10.0. The molecule has 3 nitrogen and oxygen atoms in total. The molecule has 0 heterocycles. The first-order valence-corrected chi connectivity index (χ1v) is 5.71. The molecule has 1 aliphatic carbocycles. The highest BCUT2D eigenvalue weighted by Gasteiger charge is 2.22. The smallest absolute Gasteiger partial charge is 0.180 e. The second-order valence-electron chi connectivity index (χ2n) is 3.71. The monoisotopic (exact) mass is 269 g/mol. The van der Waals surface area contributed by atoms with Crippen LogP contribution in [0.1, 0.15) is 27.9 Å². The van der Waals surface area contributed by atoms with Crippen LogP contribution in [-0.4, -0.2) is 17.4 Å². The first kappa shape index (κ1) is 10.6. The molecule has 0 fully saturated rings. The van der Waals surface area contributed by atoms with Crippen LogP contribution in [0.4, 0.5) is 0 Å². The number of Topliss-reactive ketones (excluding diaryl/α,β-unsaturated/α-hetero) is 1. The quantitative estimate of drug-likeness (QED) is 0.805. The molecule has 1 aromatic rings. The number of hydrogen-bond donors (Lipinski definition) is 2. The second kappa shape index (κ2) is 3.94. The summed E-state index contributed by atoms with van der Waals surface area (Å²) in [6, 6.07) is 1.78. The van der Waals surface area contributed by atoms with Gasteiger partial charge in [-0.25, -0.2) is 0 Å². The van der Waals surface area contributed by atoms with Crippen LogP contribution in [0, 0.1) is 0 Å². The van der Waals surface area contributed by atoms with E-state index in [0.717, 1.165) is 30.4 Å². The highest BCUT2D eigenvalue weighted by atomic mass is 79.9. The first-order valence-electron chi connectivity index (χ1n) is 4.91. The van der Waals surface area contributed by atoms with Crippen molar-refractivity contribution in [3.63, 3.8) is 0 Å². The van der Waals surface area contributed by atoms with Crippen molar-refractivity contribution in [3.8, 4) is 5.75 Å². The lowest BCUT2D eigenvalue weighted by Crippen LogP contribution is -2.14. The number of phenolic OH excluding ortho intramolecular Hbond substituents is 1. The Bertz CT molecular complexity index is 429. The summed E-state index contributed by atoms with van der Waals surface area (Å²) in [5, 5.41) is 9.84. The number of rotatable bonds is 2. The number of nitrogens with two attached hydrogens (primary N) is 1. The molecule has 0 spiro atoms. The van der Waals surface area contributed by atoms with Crippen LogP contribution in [0.25, 0.3) is 0 Å². The van der Waals surface area contributed by atoms with Gasteiger partial charge in [-0.2, -0.15) is 0 Å². The molecule has 0 radical (unpaired) electrons. The maximum atomic E-state index is 11.5. The molecule has 2 rings (SSSR count). The largest absolute Gasteiger partial charge is 0.506 e. The molecule has 80 valence electrons. The molecule has 0 unspecified atom stereocenters. The van der Waals surface area contributed by atoms with Crippen molar-refractivity contribution in [2.24, 2.45) is 5.73 Å². The van der Waals surface area contributed by atoms with Gasteiger partial charge in [0.25, 0.3) is 0 Å². The minimum Gasteiger partial charge on any atom is -0.506 e. The number of fused-ring (bicyclic) bond motifs is 1. The van der Waals surface area contributed by atoms with Crippen LogP contribution in [0.2, 0.25) is 0 Å². The molecule has 0 amide bonds. The Hall–Kier alpha value is -0.870. The average Bonchev–Trinajstić information content (AvgIpc) is 2.70. The normalized spacial score (nSPS) is 14.0. The number of aromatic hydroxyl groups is 1. The van der Waals surface area contributed by atoms with Gasteiger partial charge in [0.15, 0.2) is 5.78 Å². The van der Waals surface area contributed by atoms with Gasteiger partial charge in [-0.05, 0) is 52.4 Å². The number of carbonyl (C=O) groups excluding carboxylic acids is 1. The minimum absolute atomic E-state index is 0.0334. The van der Waals surface area contributed by atoms with E-state index in [9.17, 15) is 9.90 Å². The Morgan fingerprint density at radius 1 is 1.53 bits per heavy atom. The van der Waals surface area contributed by atoms with Gasteiger partial charge in [0.05, 0.1) is 16.6 Å². The third kappa shape index (κ3) is 1.68. The van der Waals surface area contributed by atoms with E-state index >= 15 is 0 Å². The van der Waals surface area contributed by atoms with E-state index in [1.165, 1.54) is 0 Å². The molecule has 4 heteroatoms. The summed E-state index contributed by atoms with van der Waals surface area (Å²) in [5.74, 6) is -0.186. The maximum absolute atomic E-state index is 11.5. The van der Waals surface area contributed by atoms with Crippen LogP contribution in [0.3, 0.4) is 0 Å². The van der Waals surface area contributed by atoms with Crippen LogP contribution in [-0.2, 0) is 12.8 Å². The van der Waals surface area contributed by atoms with Crippen molar-refractivity contribution in [1.82, 2.24) is 0 Å². The molecule has 0 atom stereocenters. The molecule has 1 aliphatic rings. The summed E-state index contributed by atoms with van der Waals surface area (Å²) in [6.45, 7) is -0.0706. The second-order valence-corrected chi connectivity index (χ2v) is 4.50. The molecule has 0 saturated heterocycles. The summed E-state index contributed by atoms with van der Waals surface area (Å²) < 4.78 is 0.661. The number of halogens is 1. The van der Waals surface area contributed by atoms with Crippen LogP contribution in [0.5, 0.6) is 5.75 Å². The Morgan fingerprint density at radius 2 is 2.27 bits per heavy atom. The van der Waals surface area contributed by atoms with E-state index in [2.05, 4.69) is 15.9 Å². The molecule has 0 aromatic heterocycles. The molecular weight excluding hydrogens is 258 g/mol. The number of phenols is 1. The van der Waals surface area contributed by atoms with E-state index in [1.807, 2.05) is 0 Å². The van der Waals surface area contributed by atoms with Gasteiger partial charge in [0.2, 0.25) is 0 Å². The summed E-state index contributed by atoms with van der Waals surface area (Å²) in [6.07, 6.45) is 3.01. The predicted molar refractivity (Wildman–Crippen MR) is 61.2 cm³/mol. The zero-order chi connectivity index (χ0) is 11.0. The van der Waals surface area contributed by atoms with Gasteiger partial charge in [-0.3, -0.25) is 4.79 Å². The van der Waals surface area contributed by atoms with Crippen molar-refractivity contribution in [2.45, 2.75) is 19.3 Å². The minimum atomic E-state index is -0.220. The van der Waals surface area contributed by atoms with Gasteiger partial charge < -0.3 is 10.8 Å². The van der Waals surface area contributed by atoms with Gasteiger partial charge in [0, 0.05) is 0 Å². The third-order valence-electron chi connectivity index (χ3n) is 2.79. The van der Waals surface area contributed by atoms with Crippen molar-refractivity contribution in [1.29, 1.82) is 0 Å². The number of benzene rings is 1. The van der Waals surface area contributed by atoms with E-state index in [4.69, 9.17) is 5.73 Å². The number of ketones is 1. The fraction of sp³-hybridized carbons (Fsp3) is 0.364. The topological polar surface area (TPSA) is 63.3 Å². The molecule has 0 aliphatic heterocycles. The molecule has 3 N–H and O–H groups in total. The lowest BCUT2D eigenvalue weighted by Gasteiger charge is -2.09. The first-order chi connectivity index (χ1) is 7.15. The fourth-order valence-electron chi connectivity index (χ4n) is 2.00. The van der Waals surface area contributed by atoms with Gasteiger partial charge in [-0.15, -0.1) is 0 Å². The summed E-state index contributed by atoms with van der Waals surface area (Å²) in [5.41, 5.74) is 7.91. The summed E-state index contributed by atoms with van der Waals surface area (Å²) >= 11 is 3.34. The third-order valence-corrected chi connectivity index (χ3v) is 3.65. The van der Waals surface area contributed by atoms with E-state index in [1.54, 1.807) is 6.07 Å². The fourth-order valence-corrected chi connectivity index (χ4v) is 2.67. The van der Waals surface area contributed by atoms with Gasteiger partial charge >= 0.3 is 0 Å². The lowest BCUT2D eigenvalue weighted by molar-refractivity contribution is 0.0998. The van der Waals surface area contributed by atoms with Crippen LogP contribution < -0.4 is 5.73 Å². The number of hydrogen-bond acceptors (Lipinski definition) is 3. The standard InChI is InChI=1S/C11H12BrNO2/c12-10-7-3-1-2-6(7)4-8(11(10)15)9(14)5-13/h4,15H,1-3,5,13H2. The molecule has 15 heavy (non-hydrogen) atoms. The predicted octanol–water partition coefficient (Wildman–Crippen LogP) is 1.78. The Morgan fingerprint density at radius 3 is 2.93 bits per heavy atom. The van der Waals surface area contributed by atoms with Crippen LogP contribution in [0.15, 0.2) is 10.5 Å². The highest BCUT2D eigenvalue weighted by Crippen LogP contribution is 2.38. The Balaban J connectivity index is 2.59. The summed E-state index contributed by atoms with van der Waals surface area (Å²) in [4.78, 5) is 11.5. The van der Waals surface area contributed by atoms with E-state index < -0.39 is 0 Å².